The van der Waals surface area contributed by atoms with E-state index >= 15 is 0 Å². The molecule has 0 aliphatic rings. The van der Waals surface area contributed by atoms with Gasteiger partial charge in [0.15, 0.2) is 6.61 Å². The van der Waals surface area contributed by atoms with Crippen LogP contribution < -0.4 is 9.62 Å². The van der Waals surface area contributed by atoms with Crippen molar-refractivity contribution in [1.29, 1.82) is 0 Å². The quantitative estimate of drug-likeness (QED) is 0.785. The first kappa shape index (κ1) is 18.5. The Kier molecular flexibility index (Phi) is 5.76. The number of hydrogen-bond donors (Lipinski definition) is 1. The van der Waals surface area contributed by atoms with E-state index in [9.17, 15) is 18.0 Å². The third kappa shape index (κ3) is 4.36. The van der Waals surface area contributed by atoms with Gasteiger partial charge in [0.1, 0.15) is 0 Å². The van der Waals surface area contributed by atoms with E-state index in [1.807, 2.05) is 0 Å². The Balaban J connectivity index is 2.16. The maximum Gasteiger partial charge on any atom is 0.338 e. The standard InChI is InChI=1S/C17H18N2O5S/c1-18-16(20)12-24-17(21)13-8-10-15(11-9-13)25(22,23)19(2)14-6-4-3-5-7-14/h3-11H,12H2,1-2H3,(H,18,20). The first-order chi connectivity index (χ1) is 11.9. The molecule has 0 aliphatic heterocycles. The lowest BCUT2D eigenvalue weighted by Crippen LogP contribution is -2.26. The largest absolute Gasteiger partial charge is 0.452 e. The molecule has 2 aromatic carbocycles. The number of carbonyl (C=O) groups excluding carboxylic acids is 2. The number of hydrogen-bond acceptors (Lipinski definition) is 5. The average Bonchev–Trinajstić information content (AvgIpc) is 2.65. The van der Waals surface area contributed by atoms with Gasteiger partial charge in [-0.05, 0) is 36.4 Å². The van der Waals surface area contributed by atoms with E-state index < -0.39 is 28.5 Å². The molecular weight excluding hydrogens is 344 g/mol. The summed E-state index contributed by atoms with van der Waals surface area (Å²) >= 11 is 0. The Hall–Kier alpha value is -2.87. The SMILES string of the molecule is CNC(=O)COC(=O)c1ccc(S(=O)(=O)N(C)c2ccccc2)cc1. The van der Waals surface area contributed by atoms with Gasteiger partial charge in [0.05, 0.1) is 16.1 Å². The van der Waals surface area contributed by atoms with Crippen molar-refractivity contribution < 1.29 is 22.7 Å². The molecule has 7 nitrogen and oxygen atoms in total. The minimum atomic E-state index is -3.75. The summed E-state index contributed by atoms with van der Waals surface area (Å²) in [4.78, 5) is 22.9. The number of esters is 1. The molecule has 25 heavy (non-hydrogen) atoms. The minimum Gasteiger partial charge on any atom is -0.452 e. The number of nitrogens with one attached hydrogen (secondary N) is 1. The predicted molar refractivity (Wildman–Crippen MR) is 92.8 cm³/mol. The number of ether oxygens (including phenoxy) is 1. The Labute approximate surface area is 146 Å². The molecule has 0 aliphatic carbocycles. The lowest BCUT2D eigenvalue weighted by Gasteiger charge is -2.19. The van der Waals surface area contributed by atoms with Crippen LogP contribution in [0.1, 0.15) is 10.4 Å². The molecule has 2 aromatic rings. The van der Waals surface area contributed by atoms with Gasteiger partial charge in [-0.1, -0.05) is 18.2 Å². The molecule has 0 fully saturated rings. The second-order valence-electron chi connectivity index (χ2n) is 5.08. The zero-order valence-electron chi connectivity index (χ0n) is 13.8. The highest BCUT2D eigenvalue weighted by atomic mass is 32.2. The highest BCUT2D eigenvalue weighted by Gasteiger charge is 2.21. The molecule has 0 atom stereocenters. The van der Waals surface area contributed by atoms with E-state index in [1.165, 1.54) is 38.4 Å². The van der Waals surface area contributed by atoms with Gasteiger partial charge in [-0.2, -0.15) is 0 Å². The molecule has 0 aromatic heterocycles. The number of rotatable bonds is 6. The second-order valence-corrected chi connectivity index (χ2v) is 7.05. The summed E-state index contributed by atoms with van der Waals surface area (Å²) in [7, 11) is -0.863. The van der Waals surface area contributed by atoms with Crippen LogP contribution in [-0.2, 0) is 19.6 Å². The normalized spacial score (nSPS) is 10.8. The highest BCUT2D eigenvalue weighted by molar-refractivity contribution is 7.92. The number of carbonyl (C=O) groups is 2. The molecule has 2 rings (SSSR count). The van der Waals surface area contributed by atoms with Crippen LogP contribution in [0.25, 0.3) is 0 Å². The number of sulfonamides is 1. The average molecular weight is 362 g/mol. The van der Waals surface area contributed by atoms with Crippen molar-refractivity contribution in [2.75, 3.05) is 25.0 Å². The molecule has 0 bridgehead atoms. The topological polar surface area (TPSA) is 92.8 Å². The molecule has 0 saturated heterocycles. The van der Waals surface area contributed by atoms with Gasteiger partial charge in [0.2, 0.25) is 0 Å². The summed E-state index contributed by atoms with van der Waals surface area (Å²) in [5, 5.41) is 2.33. The first-order valence-corrected chi connectivity index (χ1v) is 8.82. The van der Waals surface area contributed by atoms with Gasteiger partial charge in [0, 0.05) is 14.1 Å². The lowest BCUT2D eigenvalue weighted by atomic mass is 10.2. The number of nitrogens with zero attached hydrogens (tertiary/aromatic N) is 1. The maximum absolute atomic E-state index is 12.6. The molecule has 0 spiro atoms. The van der Waals surface area contributed by atoms with Crippen LogP contribution in [0.4, 0.5) is 5.69 Å². The molecule has 0 unspecified atom stereocenters. The zero-order chi connectivity index (χ0) is 18.4. The van der Waals surface area contributed by atoms with Crippen molar-refractivity contribution in [1.82, 2.24) is 5.32 Å². The molecule has 0 heterocycles. The summed E-state index contributed by atoms with van der Waals surface area (Å²) in [5.74, 6) is -1.14. The van der Waals surface area contributed by atoms with Gasteiger partial charge in [-0.3, -0.25) is 9.10 Å². The second kappa shape index (κ2) is 7.80. The van der Waals surface area contributed by atoms with Crippen molar-refractivity contribution in [3.63, 3.8) is 0 Å². The molecule has 132 valence electrons. The van der Waals surface area contributed by atoms with E-state index in [0.29, 0.717) is 5.69 Å². The van der Waals surface area contributed by atoms with Crippen molar-refractivity contribution in [2.24, 2.45) is 0 Å². The van der Waals surface area contributed by atoms with E-state index in [2.05, 4.69) is 5.32 Å². The number of anilines is 1. The smallest absolute Gasteiger partial charge is 0.338 e. The monoisotopic (exact) mass is 362 g/mol. The van der Waals surface area contributed by atoms with Crippen LogP contribution in [0.3, 0.4) is 0 Å². The van der Waals surface area contributed by atoms with Crippen molar-refractivity contribution in [3.8, 4) is 0 Å². The van der Waals surface area contributed by atoms with Crippen molar-refractivity contribution in [3.05, 3.63) is 60.2 Å². The number of benzene rings is 2. The Morgan fingerprint density at radius 2 is 1.64 bits per heavy atom. The Morgan fingerprint density at radius 1 is 1.04 bits per heavy atom. The van der Waals surface area contributed by atoms with E-state index in [1.54, 1.807) is 30.3 Å². The molecule has 0 saturated carbocycles. The van der Waals surface area contributed by atoms with Crippen molar-refractivity contribution in [2.45, 2.75) is 4.90 Å². The third-order valence-corrected chi connectivity index (χ3v) is 5.28. The molecule has 8 heteroatoms. The van der Waals surface area contributed by atoms with Crippen LogP contribution >= 0.6 is 0 Å². The molecule has 0 radical (unpaired) electrons. The van der Waals surface area contributed by atoms with E-state index in [0.717, 1.165) is 4.31 Å². The van der Waals surface area contributed by atoms with Crippen LogP contribution in [0.5, 0.6) is 0 Å². The van der Waals surface area contributed by atoms with Gasteiger partial charge in [0.25, 0.3) is 15.9 Å². The maximum atomic E-state index is 12.6. The van der Waals surface area contributed by atoms with Gasteiger partial charge in [-0.25, -0.2) is 13.2 Å². The fourth-order valence-corrected chi connectivity index (χ4v) is 3.18. The summed E-state index contributed by atoms with van der Waals surface area (Å²) in [6.07, 6.45) is 0. The minimum absolute atomic E-state index is 0.0432. The number of amides is 1. The fourth-order valence-electron chi connectivity index (χ4n) is 1.98. The zero-order valence-corrected chi connectivity index (χ0v) is 14.6. The van der Waals surface area contributed by atoms with Crippen LogP contribution in [0.15, 0.2) is 59.5 Å². The van der Waals surface area contributed by atoms with Crippen LogP contribution in [0.2, 0.25) is 0 Å². The Bertz CT molecular complexity index is 848. The van der Waals surface area contributed by atoms with Crippen LogP contribution in [0, 0.1) is 0 Å². The molecule has 1 amide bonds. The summed E-state index contributed by atoms with van der Waals surface area (Å²) in [6.45, 7) is -0.397. The van der Waals surface area contributed by atoms with Crippen molar-refractivity contribution >= 4 is 27.6 Å². The van der Waals surface area contributed by atoms with Gasteiger partial charge < -0.3 is 10.1 Å². The highest BCUT2D eigenvalue weighted by Crippen LogP contribution is 2.22. The fraction of sp³-hybridized carbons (Fsp3) is 0.176. The van der Waals surface area contributed by atoms with Crippen LogP contribution in [-0.4, -0.2) is 41.0 Å². The Morgan fingerprint density at radius 3 is 2.20 bits per heavy atom. The third-order valence-electron chi connectivity index (χ3n) is 3.48. The van der Waals surface area contributed by atoms with E-state index in [4.69, 9.17) is 4.74 Å². The number of likely N-dealkylation sites (N-methyl/N-ethyl adjacent to an activating group) is 1. The summed E-state index contributed by atoms with van der Waals surface area (Å²) in [6, 6.07) is 14.0. The van der Waals surface area contributed by atoms with Gasteiger partial charge in [-0.15, -0.1) is 0 Å². The summed E-state index contributed by atoms with van der Waals surface area (Å²) in [5.41, 5.74) is 0.682. The van der Waals surface area contributed by atoms with Gasteiger partial charge >= 0.3 is 5.97 Å². The lowest BCUT2D eigenvalue weighted by molar-refractivity contribution is -0.123. The first-order valence-electron chi connectivity index (χ1n) is 7.38. The van der Waals surface area contributed by atoms with E-state index in [-0.39, 0.29) is 10.5 Å². The predicted octanol–water partition coefficient (Wildman–Crippen LogP) is 1.41. The molecular formula is C17H18N2O5S. The number of para-hydroxylation sites is 1. The molecule has 1 N–H and O–H groups in total. The summed E-state index contributed by atoms with van der Waals surface area (Å²) < 4.78 is 31.2.